The minimum atomic E-state index is -3.44. The minimum absolute atomic E-state index is 0.0202. The predicted molar refractivity (Wildman–Crippen MR) is 87.8 cm³/mol. The molecular formula is C15H24N2O5S. The number of rotatable bonds is 10. The number of hydrogen-bond donors (Lipinski definition) is 2. The topological polar surface area (TPSA) is 93.7 Å². The van der Waals surface area contributed by atoms with Crippen LogP contribution in [0.15, 0.2) is 24.3 Å². The first-order chi connectivity index (χ1) is 10.9. The molecular weight excluding hydrogens is 320 g/mol. The standard InChI is InChI=1S/C15H24N2O5S/c1-21-10-4-9-16-15(18)11-14(17-23(3,19)20)12-5-7-13(22-2)8-6-12/h5-8,14,17H,4,9-11H2,1-3H3,(H,16,18). The highest BCUT2D eigenvalue weighted by Gasteiger charge is 2.19. The molecule has 0 bridgehead atoms. The Kier molecular flexibility index (Phi) is 8.01. The van der Waals surface area contributed by atoms with Crippen molar-refractivity contribution in [3.05, 3.63) is 29.8 Å². The zero-order valence-corrected chi connectivity index (χ0v) is 14.5. The van der Waals surface area contributed by atoms with Crippen LogP contribution in [0.25, 0.3) is 0 Å². The highest BCUT2D eigenvalue weighted by atomic mass is 32.2. The van der Waals surface area contributed by atoms with Crippen LogP contribution < -0.4 is 14.8 Å². The van der Waals surface area contributed by atoms with Gasteiger partial charge in [-0.05, 0) is 24.1 Å². The summed E-state index contributed by atoms with van der Waals surface area (Å²) in [6, 6.07) is 6.30. The molecule has 2 N–H and O–H groups in total. The smallest absolute Gasteiger partial charge is 0.221 e. The molecule has 0 spiro atoms. The van der Waals surface area contributed by atoms with Gasteiger partial charge in [0.2, 0.25) is 15.9 Å². The summed E-state index contributed by atoms with van der Waals surface area (Å²) in [6.07, 6.45) is 1.79. The molecule has 8 heteroatoms. The quantitative estimate of drug-likeness (QED) is 0.613. The summed E-state index contributed by atoms with van der Waals surface area (Å²) in [5, 5.41) is 2.75. The van der Waals surface area contributed by atoms with Gasteiger partial charge in [0.05, 0.1) is 19.4 Å². The molecule has 23 heavy (non-hydrogen) atoms. The highest BCUT2D eigenvalue weighted by molar-refractivity contribution is 7.88. The van der Waals surface area contributed by atoms with Crippen LogP contribution in [0.4, 0.5) is 0 Å². The van der Waals surface area contributed by atoms with E-state index in [9.17, 15) is 13.2 Å². The Hall–Kier alpha value is -1.64. The van der Waals surface area contributed by atoms with Crippen LogP contribution in [0.2, 0.25) is 0 Å². The van der Waals surface area contributed by atoms with Crippen molar-refractivity contribution in [1.82, 2.24) is 10.0 Å². The van der Waals surface area contributed by atoms with Gasteiger partial charge in [0, 0.05) is 26.7 Å². The van der Waals surface area contributed by atoms with Gasteiger partial charge in [-0.1, -0.05) is 12.1 Å². The number of carbonyl (C=O) groups excluding carboxylic acids is 1. The lowest BCUT2D eigenvalue weighted by atomic mass is 10.0. The molecule has 0 radical (unpaired) electrons. The number of methoxy groups -OCH3 is 2. The third-order valence-electron chi connectivity index (χ3n) is 3.11. The molecule has 1 aromatic carbocycles. The van der Waals surface area contributed by atoms with Gasteiger partial charge >= 0.3 is 0 Å². The van der Waals surface area contributed by atoms with Gasteiger partial charge in [-0.2, -0.15) is 0 Å². The molecule has 1 rings (SSSR count). The zero-order chi connectivity index (χ0) is 17.3. The Bertz CT molecular complexity index is 586. The van der Waals surface area contributed by atoms with Crippen molar-refractivity contribution >= 4 is 15.9 Å². The third kappa shape index (κ3) is 7.96. The van der Waals surface area contributed by atoms with Gasteiger partial charge < -0.3 is 14.8 Å². The largest absolute Gasteiger partial charge is 0.497 e. The number of nitrogens with one attached hydrogen (secondary N) is 2. The number of hydrogen-bond acceptors (Lipinski definition) is 5. The van der Waals surface area contributed by atoms with Crippen molar-refractivity contribution in [2.75, 3.05) is 33.6 Å². The van der Waals surface area contributed by atoms with Crippen molar-refractivity contribution in [3.63, 3.8) is 0 Å². The summed E-state index contributed by atoms with van der Waals surface area (Å²) >= 11 is 0. The maximum Gasteiger partial charge on any atom is 0.221 e. The molecule has 1 unspecified atom stereocenters. The Balaban J connectivity index is 2.73. The fourth-order valence-corrected chi connectivity index (χ4v) is 2.76. The molecule has 0 fully saturated rings. The maximum atomic E-state index is 12.0. The van der Waals surface area contributed by atoms with Crippen LogP contribution in [0, 0.1) is 0 Å². The lowest BCUT2D eigenvalue weighted by molar-refractivity contribution is -0.121. The van der Waals surface area contributed by atoms with Crippen molar-refractivity contribution in [2.45, 2.75) is 18.9 Å². The van der Waals surface area contributed by atoms with E-state index in [2.05, 4.69) is 10.0 Å². The molecule has 0 heterocycles. The fourth-order valence-electron chi connectivity index (χ4n) is 2.02. The third-order valence-corrected chi connectivity index (χ3v) is 3.82. The number of amides is 1. The first kappa shape index (κ1) is 19.4. The summed E-state index contributed by atoms with van der Waals surface area (Å²) in [4.78, 5) is 12.0. The van der Waals surface area contributed by atoms with Crippen molar-refractivity contribution in [2.24, 2.45) is 0 Å². The summed E-state index contributed by atoms with van der Waals surface area (Å²) in [5.41, 5.74) is 0.697. The monoisotopic (exact) mass is 344 g/mol. The lowest BCUT2D eigenvalue weighted by Crippen LogP contribution is -2.33. The van der Waals surface area contributed by atoms with Crippen LogP contribution in [-0.4, -0.2) is 48.0 Å². The second-order valence-corrected chi connectivity index (χ2v) is 6.90. The SMILES string of the molecule is COCCCNC(=O)CC(NS(C)(=O)=O)c1ccc(OC)cc1. The molecule has 0 aliphatic heterocycles. The van der Waals surface area contributed by atoms with E-state index in [1.807, 2.05) is 0 Å². The van der Waals surface area contributed by atoms with E-state index in [0.717, 1.165) is 6.26 Å². The summed E-state index contributed by atoms with van der Waals surface area (Å²) in [6.45, 7) is 1.05. The molecule has 0 aliphatic carbocycles. The molecule has 7 nitrogen and oxygen atoms in total. The average Bonchev–Trinajstić information content (AvgIpc) is 2.50. The Morgan fingerprint density at radius 1 is 1.22 bits per heavy atom. The van der Waals surface area contributed by atoms with Crippen LogP contribution in [-0.2, 0) is 19.6 Å². The highest BCUT2D eigenvalue weighted by Crippen LogP contribution is 2.21. The molecule has 0 aliphatic rings. The number of benzene rings is 1. The molecule has 1 aromatic rings. The Morgan fingerprint density at radius 2 is 1.87 bits per heavy atom. The molecule has 130 valence electrons. The molecule has 0 saturated heterocycles. The first-order valence-corrected chi connectivity index (χ1v) is 9.11. The van der Waals surface area contributed by atoms with E-state index < -0.39 is 16.1 Å². The van der Waals surface area contributed by atoms with E-state index in [4.69, 9.17) is 9.47 Å². The van der Waals surface area contributed by atoms with Crippen LogP contribution in [0.5, 0.6) is 5.75 Å². The maximum absolute atomic E-state index is 12.0. The van der Waals surface area contributed by atoms with Crippen LogP contribution in [0.1, 0.15) is 24.4 Å². The Morgan fingerprint density at radius 3 is 2.39 bits per heavy atom. The van der Waals surface area contributed by atoms with Gasteiger partial charge in [0.15, 0.2) is 0 Å². The second kappa shape index (κ2) is 9.49. The number of sulfonamides is 1. The number of ether oxygens (including phenoxy) is 2. The van der Waals surface area contributed by atoms with E-state index >= 15 is 0 Å². The second-order valence-electron chi connectivity index (χ2n) is 5.12. The van der Waals surface area contributed by atoms with Gasteiger partial charge in [-0.25, -0.2) is 13.1 Å². The van der Waals surface area contributed by atoms with E-state index in [1.54, 1.807) is 38.5 Å². The lowest BCUT2D eigenvalue weighted by Gasteiger charge is -2.18. The van der Waals surface area contributed by atoms with E-state index in [1.165, 1.54) is 0 Å². The first-order valence-electron chi connectivity index (χ1n) is 7.22. The Labute approximate surface area is 137 Å². The average molecular weight is 344 g/mol. The van der Waals surface area contributed by atoms with E-state index in [-0.39, 0.29) is 12.3 Å². The van der Waals surface area contributed by atoms with E-state index in [0.29, 0.717) is 30.9 Å². The van der Waals surface area contributed by atoms with Crippen molar-refractivity contribution < 1.29 is 22.7 Å². The molecule has 0 aromatic heterocycles. The molecule has 0 saturated carbocycles. The summed E-state index contributed by atoms with van der Waals surface area (Å²) < 4.78 is 35.5. The van der Waals surface area contributed by atoms with Crippen LogP contribution >= 0.6 is 0 Å². The summed E-state index contributed by atoms with van der Waals surface area (Å²) in [7, 11) is -0.298. The summed E-state index contributed by atoms with van der Waals surface area (Å²) in [5.74, 6) is 0.439. The van der Waals surface area contributed by atoms with Gasteiger partial charge in [-0.3, -0.25) is 4.79 Å². The van der Waals surface area contributed by atoms with Gasteiger partial charge in [0.25, 0.3) is 0 Å². The minimum Gasteiger partial charge on any atom is -0.497 e. The fraction of sp³-hybridized carbons (Fsp3) is 0.533. The molecule has 1 atom stereocenters. The van der Waals surface area contributed by atoms with Gasteiger partial charge in [-0.15, -0.1) is 0 Å². The molecule has 1 amide bonds. The van der Waals surface area contributed by atoms with Crippen molar-refractivity contribution in [3.8, 4) is 5.75 Å². The zero-order valence-electron chi connectivity index (χ0n) is 13.7. The van der Waals surface area contributed by atoms with Crippen LogP contribution in [0.3, 0.4) is 0 Å². The predicted octanol–water partition coefficient (Wildman–Crippen LogP) is 0.828. The number of carbonyl (C=O) groups is 1. The van der Waals surface area contributed by atoms with Crippen molar-refractivity contribution in [1.29, 1.82) is 0 Å². The normalized spacial score (nSPS) is 12.7. The van der Waals surface area contributed by atoms with Gasteiger partial charge in [0.1, 0.15) is 5.75 Å².